The van der Waals surface area contributed by atoms with Gasteiger partial charge in [-0.3, -0.25) is 4.79 Å². The van der Waals surface area contributed by atoms with Crippen molar-refractivity contribution in [1.82, 2.24) is 16.0 Å². The number of hydrogen-bond donors (Lipinski definition) is 4. The van der Waals surface area contributed by atoms with Crippen LogP contribution in [0.3, 0.4) is 0 Å². The molecular formula is C13H25N3O4. The van der Waals surface area contributed by atoms with Crippen LogP contribution in [-0.4, -0.2) is 42.1 Å². The van der Waals surface area contributed by atoms with Crippen LogP contribution in [0.2, 0.25) is 0 Å². The van der Waals surface area contributed by atoms with Crippen LogP contribution in [0.4, 0.5) is 4.79 Å². The molecule has 20 heavy (non-hydrogen) atoms. The van der Waals surface area contributed by atoms with E-state index in [4.69, 9.17) is 5.11 Å². The smallest absolute Gasteiger partial charge is 0.326 e. The lowest BCUT2D eigenvalue weighted by atomic mass is 10.1. The van der Waals surface area contributed by atoms with Gasteiger partial charge in [-0.25, -0.2) is 9.59 Å². The molecule has 0 spiro atoms. The van der Waals surface area contributed by atoms with Crippen molar-refractivity contribution >= 4 is 17.9 Å². The van der Waals surface area contributed by atoms with Crippen molar-refractivity contribution in [1.29, 1.82) is 0 Å². The molecule has 4 N–H and O–H groups in total. The van der Waals surface area contributed by atoms with Gasteiger partial charge in [0.15, 0.2) is 0 Å². The average molecular weight is 287 g/mol. The summed E-state index contributed by atoms with van der Waals surface area (Å²) in [5, 5.41) is 16.5. The van der Waals surface area contributed by atoms with E-state index in [2.05, 4.69) is 16.0 Å². The van der Waals surface area contributed by atoms with Crippen LogP contribution in [0.5, 0.6) is 0 Å². The van der Waals surface area contributed by atoms with E-state index in [1.165, 1.54) is 0 Å². The molecule has 0 heterocycles. The lowest BCUT2D eigenvalue weighted by molar-refractivity contribution is -0.140. The zero-order chi connectivity index (χ0) is 15.7. The average Bonchev–Trinajstić information content (AvgIpc) is 2.32. The van der Waals surface area contributed by atoms with E-state index < -0.39 is 18.0 Å². The summed E-state index contributed by atoms with van der Waals surface area (Å²) < 4.78 is 0. The maximum Gasteiger partial charge on any atom is 0.326 e. The molecule has 7 nitrogen and oxygen atoms in total. The summed E-state index contributed by atoms with van der Waals surface area (Å²) in [5.74, 6) is -1.06. The molecule has 0 aromatic heterocycles. The van der Waals surface area contributed by atoms with Crippen molar-refractivity contribution in [2.75, 3.05) is 13.1 Å². The lowest BCUT2D eigenvalue weighted by Crippen LogP contribution is -2.49. The fourth-order valence-corrected chi connectivity index (χ4v) is 1.40. The van der Waals surface area contributed by atoms with E-state index in [-0.39, 0.29) is 24.8 Å². The summed E-state index contributed by atoms with van der Waals surface area (Å²) in [6.07, 6.45) is 0.166. The Morgan fingerprint density at radius 3 is 2.10 bits per heavy atom. The molecule has 0 unspecified atom stereocenters. The second-order valence-electron chi connectivity index (χ2n) is 5.41. The summed E-state index contributed by atoms with van der Waals surface area (Å²) in [6, 6.07) is -1.52. The molecule has 0 rings (SSSR count). The van der Waals surface area contributed by atoms with Crippen molar-refractivity contribution in [3.05, 3.63) is 0 Å². The van der Waals surface area contributed by atoms with Gasteiger partial charge in [0.2, 0.25) is 5.91 Å². The van der Waals surface area contributed by atoms with Gasteiger partial charge in [0.25, 0.3) is 0 Å². The predicted octanol–water partition coefficient (Wildman–Crippen LogP) is 0.557. The van der Waals surface area contributed by atoms with Gasteiger partial charge in [-0.15, -0.1) is 0 Å². The second kappa shape index (κ2) is 9.17. The van der Waals surface area contributed by atoms with E-state index in [9.17, 15) is 14.4 Å². The largest absolute Gasteiger partial charge is 0.480 e. The molecule has 0 aliphatic rings. The molecule has 0 aliphatic heterocycles. The van der Waals surface area contributed by atoms with Gasteiger partial charge in [-0.1, -0.05) is 27.7 Å². The first-order chi connectivity index (χ1) is 9.23. The Morgan fingerprint density at radius 1 is 1.05 bits per heavy atom. The van der Waals surface area contributed by atoms with Crippen LogP contribution in [0, 0.1) is 11.8 Å². The van der Waals surface area contributed by atoms with E-state index in [1.54, 1.807) is 13.8 Å². The zero-order valence-electron chi connectivity index (χ0n) is 12.5. The first-order valence-electron chi connectivity index (χ1n) is 6.77. The highest BCUT2D eigenvalue weighted by atomic mass is 16.4. The first kappa shape index (κ1) is 18.2. The number of carbonyl (C=O) groups is 3. The third kappa shape index (κ3) is 8.34. The number of carbonyl (C=O) groups excluding carboxylic acids is 2. The third-order valence-corrected chi connectivity index (χ3v) is 2.56. The minimum Gasteiger partial charge on any atom is -0.480 e. The summed E-state index contributed by atoms with van der Waals surface area (Å²) in [4.78, 5) is 33.8. The summed E-state index contributed by atoms with van der Waals surface area (Å²) in [7, 11) is 0. The summed E-state index contributed by atoms with van der Waals surface area (Å²) >= 11 is 0. The summed E-state index contributed by atoms with van der Waals surface area (Å²) in [5.41, 5.74) is 0. The molecule has 0 aliphatic carbocycles. The van der Waals surface area contributed by atoms with Crippen molar-refractivity contribution in [2.24, 2.45) is 11.8 Å². The number of amides is 3. The molecule has 7 heteroatoms. The fraction of sp³-hybridized carbons (Fsp3) is 0.769. The van der Waals surface area contributed by atoms with E-state index >= 15 is 0 Å². The highest BCUT2D eigenvalue weighted by Crippen LogP contribution is 2.01. The Kier molecular flexibility index (Phi) is 8.35. The van der Waals surface area contributed by atoms with Gasteiger partial charge >= 0.3 is 12.0 Å². The van der Waals surface area contributed by atoms with Crippen molar-refractivity contribution < 1.29 is 19.5 Å². The van der Waals surface area contributed by atoms with E-state index in [0.29, 0.717) is 12.5 Å². The highest BCUT2D eigenvalue weighted by Gasteiger charge is 2.23. The molecule has 0 radical (unpaired) electrons. The van der Waals surface area contributed by atoms with Crippen LogP contribution >= 0.6 is 0 Å². The lowest BCUT2D eigenvalue weighted by Gasteiger charge is -2.18. The van der Waals surface area contributed by atoms with Crippen LogP contribution in [0.15, 0.2) is 0 Å². The Balaban J connectivity index is 3.93. The molecule has 116 valence electrons. The van der Waals surface area contributed by atoms with E-state index in [1.807, 2.05) is 13.8 Å². The first-order valence-corrected chi connectivity index (χ1v) is 6.77. The quantitative estimate of drug-likeness (QED) is 0.523. The minimum absolute atomic E-state index is 0.141. The number of urea groups is 1. The van der Waals surface area contributed by atoms with Crippen LogP contribution in [0.25, 0.3) is 0 Å². The Labute approximate surface area is 119 Å². The van der Waals surface area contributed by atoms with Crippen LogP contribution < -0.4 is 16.0 Å². The molecular weight excluding hydrogens is 262 g/mol. The maximum absolute atomic E-state index is 11.5. The minimum atomic E-state index is -1.08. The molecule has 0 fully saturated rings. The molecule has 0 bridgehead atoms. The topological polar surface area (TPSA) is 108 Å². The monoisotopic (exact) mass is 287 g/mol. The van der Waals surface area contributed by atoms with Crippen LogP contribution in [-0.2, 0) is 9.59 Å². The second-order valence-corrected chi connectivity index (χ2v) is 5.41. The zero-order valence-corrected chi connectivity index (χ0v) is 12.5. The molecule has 0 saturated heterocycles. The van der Waals surface area contributed by atoms with Gasteiger partial charge in [-0.2, -0.15) is 0 Å². The Morgan fingerprint density at radius 2 is 1.65 bits per heavy atom. The van der Waals surface area contributed by atoms with Crippen molar-refractivity contribution in [3.8, 4) is 0 Å². The normalized spacial score (nSPS) is 12.1. The standard InChI is InChI=1S/C13H25N3O4/c1-8(2)7-15-10(17)5-6-14-13(20)16-11(9(3)4)12(18)19/h8-9,11H,5-7H2,1-4H3,(H,15,17)(H,18,19)(H2,14,16,20)/t11-/m0/s1. The Bertz CT molecular complexity index is 343. The third-order valence-electron chi connectivity index (χ3n) is 2.56. The number of rotatable bonds is 8. The number of hydrogen-bond acceptors (Lipinski definition) is 3. The molecule has 0 aromatic carbocycles. The van der Waals surface area contributed by atoms with Gasteiger partial charge in [0.1, 0.15) is 6.04 Å². The molecule has 0 saturated carbocycles. The summed E-state index contributed by atoms with van der Waals surface area (Å²) in [6.45, 7) is 8.16. The number of carboxylic acids is 1. The number of carboxylic acid groups (broad SMARTS) is 1. The van der Waals surface area contributed by atoms with Gasteiger partial charge in [0.05, 0.1) is 0 Å². The van der Waals surface area contributed by atoms with Gasteiger partial charge in [-0.05, 0) is 11.8 Å². The molecule has 0 aromatic rings. The highest BCUT2D eigenvalue weighted by molar-refractivity contribution is 5.83. The fourth-order valence-electron chi connectivity index (χ4n) is 1.40. The predicted molar refractivity (Wildman–Crippen MR) is 75.3 cm³/mol. The van der Waals surface area contributed by atoms with Crippen molar-refractivity contribution in [3.63, 3.8) is 0 Å². The Hall–Kier alpha value is -1.79. The molecule has 1 atom stereocenters. The molecule has 3 amide bonds. The SMILES string of the molecule is CC(C)CNC(=O)CCNC(=O)N[C@H](C(=O)O)C(C)C. The van der Waals surface area contributed by atoms with Gasteiger partial charge < -0.3 is 21.1 Å². The van der Waals surface area contributed by atoms with E-state index in [0.717, 1.165) is 0 Å². The number of aliphatic carboxylic acids is 1. The number of nitrogens with one attached hydrogen (secondary N) is 3. The maximum atomic E-state index is 11.5. The van der Waals surface area contributed by atoms with Crippen molar-refractivity contribution in [2.45, 2.75) is 40.2 Å². The van der Waals surface area contributed by atoms with Crippen LogP contribution in [0.1, 0.15) is 34.1 Å². The van der Waals surface area contributed by atoms with Gasteiger partial charge in [0, 0.05) is 19.5 Å².